The molecule has 1 N–H and O–H groups in total. The number of hydrogen-bond donors (Lipinski definition) is 1. The quantitative estimate of drug-likeness (QED) is 0.327. The third-order valence-electron chi connectivity index (χ3n) is 5.13. The minimum Gasteiger partial charge on any atom is -0.354 e. The van der Waals surface area contributed by atoms with E-state index in [-0.39, 0.29) is 29.7 Å². The van der Waals surface area contributed by atoms with Gasteiger partial charge in [-0.15, -0.1) is 0 Å². The molecule has 0 aliphatic heterocycles. The average molecular weight is 569 g/mol. The molecule has 10 nitrogen and oxygen atoms in total. The molecule has 0 bridgehead atoms. The fourth-order valence-corrected chi connectivity index (χ4v) is 4.30. The van der Waals surface area contributed by atoms with Crippen molar-refractivity contribution in [3.05, 3.63) is 68.7 Å². The van der Waals surface area contributed by atoms with Crippen molar-refractivity contribution >= 4 is 49.1 Å². The van der Waals surface area contributed by atoms with Gasteiger partial charge in [-0.25, -0.2) is 8.42 Å². The summed E-state index contributed by atoms with van der Waals surface area (Å²) in [5.74, 6) is -0.793. The average Bonchev–Trinajstić information content (AvgIpc) is 2.79. The Bertz CT molecular complexity index is 1170. The highest BCUT2D eigenvalue weighted by Gasteiger charge is 2.30. The Kier molecular flexibility index (Phi) is 9.78. The van der Waals surface area contributed by atoms with Gasteiger partial charge >= 0.3 is 0 Å². The van der Waals surface area contributed by atoms with Gasteiger partial charge in [0.1, 0.15) is 12.6 Å². The summed E-state index contributed by atoms with van der Waals surface area (Å²) >= 11 is 3.36. The van der Waals surface area contributed by atoms with Gasteiger partial charge in [0, 0.05) is 29.7 Å². The first-order chi connectivity index (χ1) is 16.3. The zero-order valence-corrected chi connectivity index (χ0v) is 22.4. The maximum Gasteiger partial charge on any atom is 0.271 e. The van der Waals surface area contributed by atoms with Crippen LogP contribution in [0.2, 0.25) is 0 Å². The molecule has 0 fully saturated rings. The van der Waals surface area contributed by atoms with Crippen LogP contribution in [0.5, 0.6) is 0 Å². The molecule has 0 saturated heterocycles. The van der Waals surface area contributed by atoms with Crippen LogP contribution in [-0.4, -0.2) is 55.4 Å². The van der Waals surface area contributed by atoms with Crippen LogP contribution in [0.3, 0.4) is 0 Å². The number of anilines is 1. The highest BCUT2D eigenvalue weighted by molar-refractivity contribution is 9.10. The van der Waals surface area contributed by atoms with Crippen molar-refractivity contribution in [2.75, 3.05) is 23.7 Å². The number of nitrogens with zero attached hydrogens (tertiary/aromatic N) is 3. The fourth-order valence-electron chi connectivity index (χ4n) is 3.20. The second-order valence-electron chi connectivity index (χ2n) is 8.51. The molecule has 190 valence electrons. The van der Waals surface area contributed by atoms with E-state index in [0.717, 1.165) is 26.7 Å². The molecule has 35 heavy (non-hydrogen) atoms. The molecular formula is C23H29BrN4O6S. The third-order valence-corrected chi connectivity index (χ3v) is 6.79. The lowest BCUT2D eigenvalue weighted by Gasteiger charge is -2.31. The molecule has 12 heteroatoms. The Morgan fingerprint density at radius 2 is 1.74 bits per heavy atom. The van der Waals surface area contributed by atoms with Gasteiger partial charge < -0.3 is 10.2 Å². The predicted octanol–water partition coefficient (Wildman–Crippen LogP) is 3.31. The van der Waals surface area contributed by atoms with Gasteiger partial charge in [0.25, 0.3) is 5.69 Å². The van der Waals surface area contributed by atoms with Crippen LogP contribution in [0.4, 0.5) is 11.4 Å². The molecule has 0 radical (unpaired) electrons. The van der Waals surface area contributed by atoms with Crippen LogP contribution in [0.1, 0.15) is 26.3 Å². The summed E-state index contributed by atoms with van der Waals surface area (Å²) in [5.41, 5.74) is 0.415. The number of non-ortho nitro benzene ring substituents is 1. The largest absolute Gasteiger partial charge is 0.354 e. The molecule has 2 aromatic carbocycles. The van der Waals surface area contributed by atoms with E-state index in [1.807, 2.05) is 13.8 Å². The van der Waals surface area contributed by atoms with E-state index in [1.54, 1.807) is 31.2 Å². The van der Waals surface area contributed by atoms with Gasteiger partial charge in [0.05, 0.1) is 16.9 Å². The molecule has 1 atom stereocenters. The molecule has 0 aromatic heterocycles. The lowest BCUT2D eigenvalue weighted by atomic mass is 10.1. The van der Waals surface area contributed by atoms with E-state index in [1.165, 1.54) is 23.1 Å². The summed E-state index contributed by atoms with van der Waals surface area (Å²) in [6.07, 6.45) is 0.914. The summed E-state index contributed by atoms with van der Waals surface area (Å²) < 4.78 is 26.7. The monoisotopic (exact) mass is 568 g/mol. The Balaban J connectivity index is 2.39. The summed E-state index contributed by atoms with van der Waals surface area (Å²) in [6, 6.07) is 11.3. The third kappa shape index (κ3) is 8.32. The van der Waals surface area contributed by atoms with Crippen molar-refractivity contribution < 1.29 is 22.9 Å². The molecular weight excluding hydrogens is 540 g/mol. The first-order valence-corrected chi connectivity index (χ1v) is 13.5. The normalized spacial score (nSPS) is 12.2. The number of rotatable bonds is 11. The van der Waals surface area contributed by atoms with Gasteiger partial charge in [0.15, 0.2) is 0 Å². The smallest absolute Gasteiger partial charge is 0.271 e. The Hall–Kier alpha value is -2.99. The van der Waals surface area contributed by atoms with Gasteiger partial charge in [-0.2, -0.15) is 0 Å². The predicted molar refractivity (Wildman–Crippen MR) is 137 cm³/mol. The van der Waals surface area contributed by atoms with Crippen LogP contribution >= 0.6 is 15.9 Å². The van der Waals surface area contributed by atoms with Crippen LogP contribution in [0, 0.1) is 16.0 Å². The topological polar surface area (TPSA) is 130 Å². The number of carbonyl (C=O) groups is 2. The van der Waals surface area contributed by atoms with E-state index in [4.69, 9.17) is 0 Å². The molecule has 0 aliphatic rings. The number of amides is 2. The Morgan fingerprint density at radius 3 is 2.29 bits per heavy atom. The number of sulfonamides is 1. The molecule has 2 amide bonds. The van der Waals surface area contributed by atoms with Gasteiger partial charge in [-0.1, -0.05) is 48.0 Å². The summed E-state index contributed by atoms with van der Waals surface area (Å²) in [4.78, 5) is 38.1. The van der Waals surface area contributed by atoms with E-state index in [9.17, 15) is 28.1 Å². The second-order valence-corrected chi connectivity index (χ2v) is 11.3. The van der Waals surface area contributed by atoms with Gasteiger partial charge in [-0.05, 0) is 36.6 Å². The maximum absolute atomic E-state index is 13.4. The van der Waals surface area contributed by atoms with E-state index in [2.05, 4.69) is 21.2 Å². The zero-order valence-electron chi connectivity index (χ0n) is 20.0. The number of benzene rings is 2. The van der Waals surface area contributed by atoms with Crippen molar-refractivity contribution in [1.82, 2.24) is 10.2 Å². The number of carbonyl (C=O) groups excluding carboxylic acids is 2. The molecule has 2 rings (SSSR count). The van der Waals surface area contributed by atoms with Crippen LogP contribution in [0.15, 0.2) is 53.0 Å². The molecule has 2 aromatic rings. The molecule has 0 heterocycles. The van der Waals surface area contributed by atoms with Crippen LogP contribution in [-0.2, 0) is 26.2 Å². The lowest BCUT2D eigenvalue weighted by molar-refractivity contribution is -0.384. The molecule has 1 unspecified atom stereocenters. The standard InChI is InChI=1S/C23H29BrN4O6S/c1-16(2)13-25-23(30)17(3)26(14-18-8-10-19(24)11-9-18)22(29)15-27(35(4,33)34)20-6-5-7-21(12-20)28(31)32/h5-12,16-17H,13-15H2,1-4H3,(H,25,30). The molecule has 0 aliphatic carbocycles. The van der Waals surface area contributed by atoms with Crippen molar-refractivity contribution in [3.8, 4) is 0 Å². The van der Waals surface area contributed by atoms with Crippen LogP contribution in [0.25, 0.3) is 0 Å². The lowest BCUT2D eigenvalue weighted by Crippen LogP contribution is -2.51. The Labute approximate surface area is 213 Å². The van der Waals surface area contributed by atoms with Crippen molar-refractivity contribution in [1.29, 1.82) is 0 Å². The van der Waals surface area contributed by atoms with Crippen molar-refractivity contribution in [2.45, 2.75) is 33.4 Å². The summed E-state index contributed by atoms with van der Waals surface area (Å²) in [7, 11) is -3.98. The number of hydrogen-bond acceptors (Lipinski definition) is 6. The SMILES string of the molecule is CC(C)CNC(=O)C(C)N(Cc1ccc(Br)cc1)C(=O)CN(c1cccc([N+](=O)[O-])c1)S(C)(=O)=O. The first kappa shape index (κ1) is 28.2. The van der Waals surface area contributed by atoms with Crippen molar-refractivity contribution in [3.63, 3.8) is 0 Å². The maximum atomic E-state index is 13.4. The Morgan fingerprint density at radius 1 is 1.11 bits per heavy atom. The number of halogens is 1. The number of nitrogens with one attached hydrogen (secondary N) is 1. The molecule has 0 saturated carbocycles. The minimum absolute atomic E-state index is 0.0180. The van der Waals surface area contributed by atoms with E-state index < -0.39 is 33.4 Å². The fraction of sp³-hybridized carbons (Fsp3) is 0.391. The summed E-state index contributed by atoms with van der Waals surface area (Å²) in [6.45, 7) is 5.32. The summed E-state index contributed by atoms with van der Waals surface area (Å²) in [5, 5.41) is 14.0. The highest BCUT2D eigenvalue weighted by Crippen LogP contribution is 2.24. The van der Waals surface area contributed by atoms with Crippen LogP contribution < -0.4 is 9.62 Å². The number of nitro benzene ring substituents is 1. The van der Waals surface area contributed by atoms with E-state index >= 15 is 0 Å². The molecule has 0 spiro atoms. The zero-order chi connectivity index (χ0) is 26.3. The van der Waals surface area contributed by atoms with Crippen molar-refractivity contribution in [2.24, 2.45) is 5.92 Å². The first-order valence-electron chi connectivity index (χ1n) is 10.8. The number of nitro groups is 1. The minimum atomic E-state index is -3.98. The van der Waals surface area contributed by atoms with E-state index in [0.29, 0.717) is 6.54 Å². The van der Waals surface area contributed by atoms with Gasteiger partial charge in [-0.3, -0.25) is 24.0 Å². The highest BCUT2D eigenvalue weighted by atomic mass is 79.9. The second kappa shape index (κ2) is 12.1. The van der Waals surface area contributed by atoms with Gasteiger partial charge in [0.2, 0.25) is 21.8 Å².